The zero-order chi connectivity index (χ0) is 32.5. The number of aromatic nitrogens is 3. The van der Waals surface area contributed by atoms with Crippen molar-refractivity contribution in [2.75, 3.05) is 40.0 Å². The number of nitrogens with two attached hydrogens (primary N) is 1. The van der Waals surface area contributed by atoms with E-state index < -0.39 is 23.0 Å². The molecule has 5 aromatic rings. The molecule has 2 heterocycles. The van der Waals surface area contributed by atoms with Gasteiger partial charge >= 0.3 is 0 Å². The quantitative estimate of drug-likeness (QED) is 0.157. The van der Waals surface area contributed by atoms with Crippen molar-refractivity contribution >= 4 is 46.1 Å². The molecular weight excluding hydrogens is 622 g/mol. The molecule has 9 nitrogen and oxygen atoms in total. The molecule has 0 saturated heterocycles. The summed E-state index contributed by atoms with van der Waals surface area (Å²) >= 11 is 7.75. The number of imidazole rings is 1. The zero-order valence-corrected chi connectivity index (χ0v) is 27.0. The Morgan fingerprint density at radius 2 is 1.93 bits per heavy atom. The number of carbonyl (C=O) groups is 1. The molecule has 236 valence electrons. The van der Waals surface area contributed by atoms with Gasteiger partial charge in [0.1, 0.15) is 5.82 Å². The third-order valence-corrected chi connectivity index (χ3v) is 8.89. The van der Waals surface area contributed by atoms with Gasteiger partial charge in [0.2, 0.25) is 0 Å². The van der Waals surface area contributed by atoms with Gasteiger partial charge in [0.25, 0.3) is 5.91 Å². The highest BCUT2D eigenvalue weighted by atomic mass is 35.5. The first-order valence-electron chi connectivity index (χ1n) is 14.0. The third-order valence-electron chi connectivity index (χ3n) is 7.58. The minimum atomic E-state index is -0.643. The van der Waals surface area contributed by atoms with Crippen LogP contribution in [0.3, 0.4) is 0 Å². The summed E-state index contributed by atoms with van der Waals surface area (Å²) in [5.41, 5.74) is 8.60. The largest absolute Gasteiger partial charge is 0.494 e. The maximum Gasteiger partial charge on any atom is 0.251 e. The number of nitrogens with zero attached hydrogens (tertiary/aromatic N) is 4. The van der Waals surface area contributed by atoms with Gasteiger partial charge in [0, 0.05) is 46.5 Å². The first kappa shape index (κ1) is 32.3. The number of amides is 1. The highest BCUT2D eigenvalue weighted by molar-refractivity contribution is 7.98. The van der Waals surface area contributed by atoms with Crippen molar-refractivity contribution in [3.8, 4) is 11.4 Å². The van der Waals surface area contributed by atoms with Gasteiger partial charge in [-0.05, 0) is 56.1 Å². The number of methoxy groups -OCH3 is 1. The number of halogens is 3. The summed E-state index contributed by atoms with van der Waals surface area (Å²) in [6.07, 6.45) is 1.73. The minimum absolute atomic E-state index is 0.0631. The van der Waals surface area contributed by atoms with Crippen molar-refractivity contribution in [3.63, 3.8) is 0 Å². The topological polar surface area (TPSA) is 111 Å². The molecule has 45 heavy (non-hydrogen) atoms. The number of fused-ring (bicyclic) bond motifs is 1. The summed E-state index contributed by atoms with van der Waals surface area (Å²) in [6.45, 7) is 5.11. The number of carbonyl (C=O) groups excluding carboxylic acids is 1. The number of anilines is 1. The third kappa shape index (κ3) is 6.63. The molecule has 5 rings (SSSR count). The standard InChI is InChI=1S/C32H33ClF2N6O3S/c1-32(2,19-6-9-26-21(14-19)29(36)39-44-26)28-16-38-31(41(28)20-7-8-24(34)27(15-20)43-5)45-17-22-23(33)12-18(13-25(22)35)30(42)37-10-11-40(3)4/h6-9,12-16H,10-11,17H2,1-5H3,(H2,36,39)(H,37,42). The zero-order valence-electron chi connectivity index (χ0n) is 25.5. The van der Waals surface area contributed by atoms with Gasteiger partial charge in [-0.1, -0.05) is 48.4 Å². The van der Waals surface area contributed by atoms with Crippen LogP contribution in [-0.4, -0.2) is 59.8 Å². The summed E-state index contributed by atoms with van der Waals surface area (Å²) in [6, 6.07) is 12.8. The van der Waals surface area contributed by atoms with E-state index in [2.05, 4.69) is 10.5 Å². The van der Waals surface area contributed by atoms with Gasteiger partial charge in [-0.25, -0.2) is 13.8 Å². The molecule has 0 atom stereocenters. The van der Waals surface area contributed by atoms with Gasteiger partial charge in [-0.2, -0.15) is 0 Å². The monoisotopic (exact) mass is 654 g/mol. The number of benzene rings is 3. The maximum atomic E-state index is 15.3. The van der Waals surface area contributed by atoms with Crippen molar-refractivity contribution in [2.24, 2.45) is 0 Å². The van der Waals surface area contributed by atoms with E-state index in [1.807, 2.05) is 55.6 Å². The van der Waals surface area contributed by atoms with E-state index in [0.29, 0.717) is 34.9 Å². The highest BCUT2D eigenvalue weighted by Gasteiger charge is 2.31. The van der Waals surface area contributed by atoms with Crippen LogP contribution in [0.2, 0.25) is 5.02 Å². The Labute approximate surface area is 268 Å². The van der Waals surface area contributed by atoms with E-state index in [-0.39, 0.29) is 33.5 Å². The second-order valence-corrected chi connectivity index (χ2v) is 12.6. The molecule has 0 bridgehead atoms. The summed E-state index contributed by atoms with van der Waals surface area (Å²) in [5, 5.41) is 7.95. The Morgan fingerprint density at radius 1 is 1.16 bits per heavy atom. The number of hydrogen-bond donors (Lipinski definition) is 2. The molecule has 0 spiro atoms. The Morgan fingerprint density at radius 3 is 2.64 bits per heavy atom. The fourth-order valence-corrected chi connectivity index (χ4v) is 6.29. The van der Waals surface area contributed by atoms with Crippen molar-refractivity contribution in [1.82, 2.24) is 24.9 Å². The summed E-state index contributed by atoms with van der Waals surface area (Å²) in [7, 11) is 5.18. The lowest BCUT2D eigenvalue weighted by molar-refractivity contribution is 0.0950. The van der Waals surface area contributed by atoms with Crippen LogP contribution < -0.4 is 15.8 Å². The Bertz CT molecular complexity index is 1850. The molecule has 0 radical (unpaired) electrons. The van der Waals surface area contributed by atoms with E-state index in [1.54, 1.807) is 18.3 Å². The maximum absolute atomic E-state index is 15.3. The van der Waals surface area contributed by atoms with Gasteiger partial charge in [-0.15, -0.1) is 0 Å². The molecule has 0 aliphatic heterocycles. The number of nitrogens with one attached hydrogen (secondary N) is 1. The molecule has 0 aliphatic rings. The Balaban J connectivity index is 1.50. The van der Waals surface area contributed by atoms with Crippen molar-refractivity contribution in [2.45, 2.75) is 30.2 Å². The van der Waals surface area contributed by atoms with Crippen LogP contribution >= 0.6 is 23.4 Å². The lowest BCUT2D eigenvalue weighted by Crippen LogP contribution is -2.31. The molecule has 13 heteroatoms. The Kier molecular flexibility index (Phi) is 9.38. The number of nitrogen functional groups attached to an aromatic ring is 1. The average Bonchev–Trinajstić information content (AvgIpc) is 3.60. The predicted octanol–water partition coefficient (Wildman–Crippen LogP) is 6.45. The number of thioether (sulfide) groups is 1. The fourth-order valence-electron chi connectivity index (χ4n) is 4.91. The van der Waals surface area contributed by atoms with Crippen molar-refractivity contribution < 1.29 is 22.8 Å². The summed E-state index contributed by atoms with van der Waals surface area (Å²) in [5.74, 6) is -1.06. The van der Waals surface area contributed by atoms with E-state index in [1.165, 1.54) is 37.1 Å². The van der Waals surface area contributed by atoms with Gasteiger partial charge in [0.05, 0.1) is 30.1 Å². The van der Waals surface area contributed by atoms with E-state index in [9.17, 15) is 9.18 Å². The summed E-state index contributed by atoms with van der Waals surface area (Å²) in [4.78, 5) is 19.2. The molecule has 1 amide bonds. The predicted molar refractivity (Wildman–Crippen MR) is 172 cm³/mol. The van der Waals surface area contributed by atoms with Gasteiger partial charge in [-0.3, -0.25) is 9.36 Å². The van der Waals surface area contributed by atoms with Crippen LogP contribution in [0.4, 0.5) is 14.6 Å². The second kappa shape index (κ2) is 13.1. The molecular formula is C32H33ClF2N6O3S. The smallest absolute Gasteiger partial charge is 0.251 e. The normalized spacial score (nSPS) is 11.8. The molecule has 3 N–H and O–H groups in total. The number of likely N-dealkylation sites (N-methyl/N-ethyl adjacent to an activating group) is 1. The van der Waals surface area contributed by atoms with E-state index in [4.69, 9.17) is 31.6 Å². The first-order chi connectivity index (χ1) is 21.4. The molecule has 0 fully saturated rings. The second-order valence-electron chi connectivity index (χ2n) is 11.3. The SMILES string of the molecule is COc1cc(-n2c(C(C)(C)c3ccc4onc(N)c4c3)cnc2SCc2c(F)cc(C(=O)NCCN(C)C)cc2Cl)ccc1F. The molecule has 0 saturated carbocycles. The fraction of sp³-hybridized carbons (Fsp3) is 0.281. The number of ether oxygens (including phenoxy) is 1. The van der Waals surface area contributed by atoms with Crippen LogP contribution in [-0.2, 0) is 11.2 Å². The van der Waals surface area contributed by atoms with Crippen LogP contribution in [0, 0.1) is 11.6 Å². The average molecular weight is 655 g/mol. The molecule has 0 unspecified atom stereocenters. The number of hydrogen-bond acceptors (Lipinski definition) is 8. The van der Waals surface area contributed by atoms with Crippen LogP contribution in [0.15, 0.2) is 64.4 Å². The first-order valence-corrected chi connectivity index (χ1v) is 15.4. The van der Waals surface area contributed by atoms with Crippen LogP contribution in [0.5, 0.6) is 5.75 Å². The highest BCUT2D eigenvalue weighted by Crippen LogP contribution is 2.39. The van der Waals surface area contributed by atoms with Crippen LogP contribution in [0.25, 0.3) is 16.7 Å². The lowest BCUT2D eigenvalue weighted by Gasteiger charge is -2.27. The lowest BCUT2D eigenvalue weighted by atomic mass is 9.81. The van der Waals surface area contributed by atoms with Gasteiger partial charge in [0.15, 0.2) is 28.1 Å². The van der Waals surface area contributed by atoms with Crippen molar-refractivity contribution in [3.05, 3.63) is 93.8 Å². The van der Waals surface area contributed by atoms with E-state index in [0.717, 1.165) is 11.3 Å². The number of rotatable bonds is 11. The van der Waals surface area contributed by atoms with Crippen LogP contribution in [0.1, 0.15) is 41.0 Å². The molecule has 2 aromatic heterocycles. The summed E-state index contributed by atoms with van der Waals surface area (Å²) < 4.78 is 42.2. The molecule has 0 aliphatic carbocycles. The minimum Gasteiger partial charge on any atom is -0.494 e. The van der Waals surface area contributed by atoms with Crippen molar-refractivity contribution in [1.29, 1.82) is 0 Å². The van der Waals surface area contributed by atoms with Gasteiger partial charge < -0.3 is 25.2 Å². The Hall–Kier alpha value is -4.13. The van der Waals surface area contributed by atoms with E-state index >= 15 is 4.39 Å². The molecule has 3 aromatic carbocycles.